The van der Waals surface area contributed by atoms with Gasteiger partial charge in [0.05, 0.1) is 5.41 Å². The Hall–Kier alpha value is -8.21. The van der Waals surface area contributed by atoms with Crippen LogP contribution in [-0.4, -0.2) is 15.0 Å². The molecule has 11 aromatic rings. The summed E-state index contributed by atoms with van der Waals surface area (Å²) < 4.78 is 6.18. The Morgan fingerprint density at radius 2 is 0.790 bits per heavy atom. The van der Waals surface area contributed by atoms with E-state index in [0.717, 1.165) is 55.3 Å². The van der Waals surface area contributed by atoms with Crippen LogP contribution in [0.5, 0.6) is 0 Å². The fourth-order valence-corrected chi connectivity index (χ4v) is 10.4. The first kappa shape index (κ1) is 34.6. The van der Waals surface area contributed by atoms with Gasteiger partial charge in [0.25, 0.3) is 0 Å². The highest BCUT2D eigenvalue weighted by molar-refractivity contribution is 6.06. The Morgan fingerprint density at radius 1 is 0.290 bits per heavy atom. The average Bonchev–Trinajstić information content (AvgIpc) is 3.98. The van der Waals surface area contributed by atoms with Crippen LogP contribution in [0.3, 0.4) is 0 Å². The molecule has 4 nitrogen and oxygen atoms in total. The highest BCUT2D eigenvalue weighted by Crippen LogP contribution is 2.64. The molecule has 1 spiro atoms. The lowest BCUT2D eigenvalue weighted by Crippen LogP contribution is -2.25. The molecule has 13 rings (SSSR count). The topological polar surface area (TPSA) is 51.8 Å². The number of fused-ring (bicyclic) bond motifs is 13. The van der Waals surface area contributed by atoms with Gasteiger partial charge in [-0.1, -0.05) is 182 Å². The third-order valence-corrected chi connectivity index (χ3v) is 13.0. The predicted octanol–water partition coefficient (Wildman–Crippen LogP) is 14.4. The van der Waals surface area contributed by atoms with Gasteiger partial charge in [-0.2, -0.15) is 0 Å². The molecule has 0 atom stereocenters. The Labute approximate surface area is 358 Å². The van der Waals surface area contributed by atoms with E-state index in [2.05, 4.69) is 164 Å². The van der Waals surface area contributed by atoms with Crippen LogP contribution >= 0.6 is 0 Å². The van der Waals surface area contributed by atoms with Gasteiger partial charge in [-0.3, -0.25) is 0 Å². The number of hydrogen-bond acceptors (Lipinski definition) is 4. The fourth-order valence-electron chi connectivity index (χ4n) is 10.4. The van der Waals surface area contributed by atoms with E-state index in [4.69, 9.17) is 19.4 Å². The van der Waals surface area contributed by atoms with Gasteiger partial charge in [-0.25, -0.2) is 15.0 Å². The minimum absolute atomic E-state index is 0.401. The van der Waals surface area contributed by atoms with Gasteiger partial charge in [0.15, 0.2) is 17.5 Å². The normalized spacial score (nSPS) is 13.0. The molecule has 0 unspecified atom stereocenters. The maximum Gasteiger partial charge on any atom is 0.164 e. The summed E-state index contributed by atoms with van der Waals surface area (Å²) in [5.41, 5.74) is 19.1. The van der Waals surface area contributed by atoms with Crippen molar-refractivity contribution in [2.45, 2.75) is 5.41 Å². The summed E-state index contributed by atoms with van der Waals surface area (Å²) in [4.78, 5) is 15.5. The van der Waals surface area contributed by atoms with E-state index in [1.807, 2.05) is 48.5 Å². The fraction of sp³-hybridized carbons (Fsp3) is 0.0172. The van der Waals surface area contributed by atoms with Gasteiger partial charge in [0.1, 0.15) is 11.2 Å². The molecular formula is C58H35N3O. The monoisotopic (exact) mass is 789 g/mol. The van der Waals surface area contributed by atoms with Crippen LogP contribution in [0, 0.1) is 0 Å². The van der Waals surface area contributed by atoms with Crippen molar-refractivity contribution < 1.29 is 4.42 Å². The van der Waals surface area contributed by atoms with Crippen LogP contribution in [0.25, 0.3) is 101 Å². The Bertz CT molecular complexity index is 3560. The second kappa shape index (κ2) is 13.4. The molecule has 2 aromatic heterocycles. The van der Waals surface area contributed by atoms with Crippen LogP contribution in [0.1, 0.15) is 22.3 Å². The molecule has 62 heavy (non-hydrogen) atoms. The second-order valence-corrected chi connectivity index (χ2v) is 16.2. The third kappa shape index (κ3) is 4.98. The van der Waals surface area contributed by atoms with Crippen molar-refractivity contribution in [3.63, 3.8) is 0 Å². The zero-order valence-corrected chi connectivity index (χ0v) is 33.5. The van der Waals surface area contributed by atoms with E-state index in [0.29, 0.717) is 17.5 Å². The maximum absolute atomic E-state index is 6.18. The zero-order chi connectivity index (χ0) is 40.8. The minimum Gasteiger partial charge on any atom is -0.456 e. The predicted molar refractivity (Wildman–Crippen MR) is 251 cm³/mol. The molecule has 2 aliphatic carbocycles. The van der Waals surface area contributed by atoms with Crippen molar-refractivity contribution >= 4 is 21.9 Å². The van der Waals surface area contributed by atoms with Crippen molar-refractivity contribution in [3.8, 4) is 78.7 Å². The van der Waals surface area contributed by atoms with E-state index < -0.39 is 5.41 Å². The van der Waals surface area contributed by atoms with Gasteiger partial charge < -0.3 is 4.42 Å². The summed E-state index contributed by atoms with van der Waals surface area (Å²) in [5, 5.41) is 2.09. The van der Waals surface area contributed by atoms with E-state index in [1.54, 1.807) is 0 Å². The molecule has 0 bridgehead atoms. The highest BCUT2D eigenvalue weighted by Gasteiger charge is 2.51. The smallest absolute Gasteiger partial charge is 0.164 e. The molecular weight excluding hydrogens is 755 g/mol. The average molecular weight is 790 g/mol. The number of hydrogen-bond donors (Lipinski definition) is 0. The minimum atomic E-state index is -0.401. The zero-order valence-electron chi connectivity index (χ0n) is 33.5. The lowest BCUT2D eigenvalue weighted by Gasteiger charge is -2.30. The number of rotatable bonds is 5. The van der Waals surface area contributed by atoms with E-state index in [1.165, 1.54) is 50.1 Å². The van der Waals surface area contributed by atoms with Crippen molar-refractivity contribution in [2.24, 2.45) is 0 Å². The van der Waals surface area contributed by atoms with Crippen LogP contribution in [0.15, 0.2) is 217 Å². The van der Waals surface area contributed by atoms with E-state index in [-0.39, 0.29) is 0 Å². The summed E-state index contributed by atoms with van der Waals surface area (Å²) in [6.45, 7) is 0. The summed E-state index contributed by atoms with van der Waals surface area (Å²) in [6, 6.07) is 75.7. The Kier molecular flexibility index (Phi) is 7.49. The molecule has 288 valence electrons. The summed E-state index contributed by atoms with van der Waals surface area (Å²) in [7, 11) is 0. The van der Waals surface area contributed by atoms with Crippen LogP contribution in [-0.2, 0) is 5.41 Å². The van der Waals surface area contributed by atoms with Crippen molar-refractivity contribution in [3.05, 3.63) is 235 Å². The number of aromatic nitrogens is 3. The first-order valence-electron chi connectivity index (χ1n) is 21.1. The molecule has 0 radical (unpaired) electrons. The molecule has 0 fully saturated rings. The summed E-state index contributed by atoms with van der Waals surface area (Å²) >= 11 is 0. The molecule has 0 N–H and O–H groups in total. The van der Waals surface area contributed by atoms with E-state index in [9.17, 15) is 0 Å². The van der Waals surface area contributed by atoms with Gasteiger partial charge in [-0.15, -0.1) is 0 Å². The largest absolute Gasteiger partial charge is 0.456 e. The van der Waals surface area contributed by atoms with Gasteiger partial charge >= 0.3 is 0 Å². The van der Waals surface area contributed by atoms with E-state index >= 15 is 0 Å². The van der Waals surface area contributed by atoms with Gasteiger partial charge in [-0.05, 0) is 97.1 Å². The Balaban J connectivity index is 0.976. The molecule has 2 heterocycles. The summed E-state index contributed by atoms with van der Waals surface area (Å²) in [6.07, 6.45) is 0. The molecule has 0 amide bonds. The standard InChI is InChI=1S/C58H35N3O/c1-2-16-36(17-3-1)55-59-56(39-32-33-53-47(35-39)44-23-9-13-31-52(44)62-53)61-57(60-55)45-24-5-4-20-40(45)37-18-14-19-38(34-37)41-26-15-30-51-54(41)46-25-8-12-29-50(46)58(51)48-27-10-6-21-42(48)43-22-7-11-28-49(43)58/h1-35H. The highest BCUT2D eigenvalue weighted by atomic mass is 16.3. The van der Waals surface area contributed by atoms with Crippen molar-refractivity contribution in [1.82, 2.24) is 15.0 Å². The molecule has 0 saturated carbocycles. The lowest BCUT2D eigenvalue weighted by atomic mass is 9.70. The first-order chi connectivity index (χ1) is 30.7. The van der Waals surface area contributed by atoms with Crippen LogP contribution < -0.4 is 0 Å². The van der Waals surface area contributed by atoms with Gasteiger partial charge in [0, 0.05) is 27.5 Å². The Morgan fingerprint density at radius 3 is 1.55 bits per heavy atom. The van der Waals surface area contributed by atoms with Crippen molar-refractivity contribution in [1.29, 1.82) is 0 Å². The van der Waals surface area contributed by atoms with Crippen molar-refractivity contribution in [2.75, 3.05) is 0 Å². The van der Waals surface area contributed by atoms with Crippen LogP contribution in [0.2, 0.25) is 0 Å². The number of para-hydroxylation sites is 1. The third-order valence-electron chi connectivity index (χ3n) is 13.0. The quantitative estimate of drug-likeness (QED) is 0.174. The number of nitrogens with zero attached hydrogens (tertiary/aromatic N) is 3. The molecule has 9 aromatic carbocycles. The second-order valence-electron chi connectivity index (χ2n) is 16.2. The number of furan rings is 1. The SMILES string of the molecule is c1ccc(-c2nc(-c3ccc4oc5ccccc5c4c3)nc(-c3ccccc3-c3cccc(-c4cccc5c4-c4ccccc4C54c5ccccc5-c5ccccc54)c3)n2)cc1. The van der Waals surface area contributed by atoms with Gasteiger partial charge in [0.2, 0.25) is 0 Å². The molecule has 4 heteroatoms. The molecule has 0 aliphatic heterocycles. The number of benzene rings is 9. The maximum atomic E-state index is 6.18. The summed E-state index contributed by atoms with van der Waals surface area (Å²) in [5.74, 6) is 1.84. The van der Waals surface area contributed by atoms with Crippen LogP contribution in [0.4, 0.5) is 0 Å². The molecule has 2 aliphatic rings. The first-order valence-corrected chi connectivity index (χ1v) is 21.1. The molecule has 0 saturated heterocycles. The lowest BCUT2D eigenvalue weighted by molar-refractivity contribution is 0.669.